The van der Waals surface area contributed by atoms with Crippen molar-refractivity contribution in [1.29, 1.82) is 0 Å². The lowest BCUT2D eigenvalue weighted by Gasteiger charge is -2.23. The number of ether oxygens (including phenoxy) is 1. The Bertz CT molecular complexity index is 703. The molecule has 0 bridgehead atoms. The standard InChI is InChI=1S/C17H20N2O4/c20-16(15-7-3-4-8-23-15)19-14(17(21)22)9-11-10-18-13-6-2-1-5-12(11)13/h1-2,5-6,10,14-15,18H,3-4,7-9H2,(H,19,20)(H,21,22)/t14-,15-/m0/s1. The van der Waals surface area contributed by atoms with Crippen LogP contribution in [0.25, 0.3) is 10.9 Å². The van der Waals surface area contributed by atoms with Crippen LogP contribution in [0, 0.1) is 0 Å². The molecule has 1 aromatic carbocycles. The van der Waals surface area contributed by atoms with Crippen molar-refractivity contribution in [3.8, 4) is 0 Å². The van der Waals surface area contributed by atoms with Crippen LogP contribution >= 0.6 is 0 Å². The van der Waals surface area contributed by atoms with Gasteiger partial charge in [0, 0.05) is 30.1 Å². The number of hydrogen-bond donors (Lipinski definition) is 3. The van der Waals surface area contributed by atoms with Gasteiger partial charge in [-0.3, -0.25) is 4.79 Å². The molecule has 2 heterocycles. The molecule has 122 valence electrons. The lowest BCUT2D eigenvalue weighted by molar-refractivity contribution is -0.145. The lowest BCUT2D eigenvalue weighted by atomic mass is 10.0. The number of carbonyl (C=O) groups is 2. The van der Waals surface area contributed by atoms with Crippen molar-refractivity contribution in [2.24, 2.45) is 0 Å². The number of carboxylic acid groups (broad SMARTS) is 1. The molecule has 1 aromatic heterocycles. The van der Waals surface area contributed by atoms with Gasteiger partial charge in [-0.2, -0.15) is 0 Å². The van der Waals surface area contributed by atoms with Crippen LogP contribution in [-0.2, 0) is 20.7 Å². The van der Waals surface area contributed by atoms with Crippen LogP contribution in [0.2, 0.25) is 0 Å². The highest BCUT2D eigenvalue weighted by Gasteiger charge is 2.27. The summed E-state index contributed by atoms with van der Waals surface area (Å²) in [7, 11) is 0. The summed E-state index contributed by atoms with van der Waals surface area (Å²) < 4.78 is 5.41. The molecule has 6 heteroatoms. The van der Waals surface area contributed by atoms with E-state index in [0.717, 1.165) is 29.3 Å². The number of hydrogen-bond acceptors (Lipinski definition) is 3. The number of carboxylic acids is 1. The minimum absolute atomic E-state index is 0.234. The second-order valence-electron chi connectivity index (χ2n) is 5.82. The number of para-hydroxylation sites is 1. The molecule has 3 rings (SSSR count). The third-order valence-electron chi connectivity index (χ3n) is 4.19. The van der Waals surface area contributed by atoms with Crippen LogP contribution in [-0.4, -0.2) is 40.7 Å². The van der Waals surface area contributed by atoms with Crippen LogP contribution in [0.1, 0.15) is 24.8 Å². The van der Waals surface area contributed by atoms with Gasteiger partial charge in [-0.15, -0.1) is 0 Å². The number of aromatic nitrogens is 1. The van der Waals surface area contributed by atoms with Crippen LogP contribution < -0.4 is 5.32 Å². The number of fused-ring (bicyclic) bond motifs is 1. The van der Waals surface area contributed by atoms with Gasteiger partial charge in [0.2, 0.25) is 5.91 Å². The van der Waals surface area contributed by atoms with E-state index in [1.807, 2.05) is 24.3 Å². The van der Waals surface area contributed by atoms with E-state index in [1.165, 1.54) is 0 Å². The van der Waals surface area contributed by atoms with E-state index in [2.05, 4.69) is 10.3 Å². The van der Waals surface area contributed by atoms with E-state index >= 15 is 0 Å². The van der Waals surface area contributed by atoms with E-state index < -0.39 is 18.1 Å². The molecule has 2 aromatic rings. The molecule has 1 amide bonds. The molecular weight excluding hydrogens is 296 g/mol. The number of aliphatic carboxylic acids is 1. The van der Waals surface area contributed by atoms with Gasteiger partial charge in [0.25, 0.3) is 0 Å². The zero-order valence-corrected chi connectivity index (χ0v) is 12.7. The maximum atomic E-state index is 12.2. The van der Waals surface area contributed by atoms with Gasteiger partial charge >= 0.3 is 5.97 Å². The van der Waals surface area contributed by atoms with Crippen LogP contribution in [0.5, 0.6) is 0 Å². The van der Waals surface area contributed by atoms with Gasteiger partial charge in [0.05, 0.1) is 0 Å². The van der Waals surface area contributed by atoms with Gasteiger partial charge in [0.15, 0.2) is 0 Å². The van der Waals surface area contributed by atoms with Gasteiger partial charge in [0.1, 0.15) is 12.1 Å². The molecule has 3 N–H and O–H groups in total. The van der Waals surface area contributed by atoms with Gasteiger partial charge in [-0.1, -0.05) is 18.2 Å². The predicted molar refractivity (Wildman–Crippen MR) is 85.2 cm³/mol. The molecule has 2 atom stereocenters. The fourth-order valence-corrected chi connectivity index (χ4v) is 2.93. The van der Waals surface area contributed by atoms with E-state index in [4.69, 9.17) is 4.74 Å². The summed E-state index contributed by atoms with van der Waals surface area (Å²) in [6.45, 7) is 0.554. The fourth-order valence-electron chi connectivity index (χ4n) is 2.93. The number of rotatable bonds is 5. The van der Waals surface area contributed by atoms with Crippen LogP contribution in [0.3, 0.4) is 0 Å². The minimum atomic E-state index is -1.04. The van der Waals surface area contributed by atoms with Crippen molar-refractivity contribution in [1.82, 2.24) is 10.3 Å². The van der Waals surface area contributed by atoms with E-state index in [0.29, 0.717) is 13.0 Å². The molecule has 0 radical (unpaired) electrons. The summed E-state index contributed by atoms with van der Waals surface area (Å²) in [5, 5.41) is 13.0. The van der Waals surface area contributed by atoms with Crippen molar-refractivity contribution >= 4 is 22.8 Å². The monoisotopic (exact) mass is 316 g/mol. The number of H-pyrrole nitrogens is 1. The minimum Gasteiger partial charge on any atom is -0.480 e. The first-order chi connectivity index (χ1) is 11.1. The summed E-state index contributed by atoms with van der Waals surface area (Å²) in [5.74, 6) is -1.38. The highest BCUT2D eigenvalue weighted by Crippen LogP contribution is 2.19. The van der Waals surface area contributed by atoms with Crippen molar-refractivity contribution in [2.75, 3.05) is 6.61 Å². The van der Waals surface area contributed by atoms with Crippen LogP contribution in [0.4, 0.5) is 0 Å². The van der Waals surface area contributed by atoms with Crippen molar-refractivity contribution in [2.45, 2.75) is 37.8 Å². The Morgan fingerprint density at radius 3 is 2.91 bits per heavy atom. The topological polar surface area (TPSA) is 91.4 Å². The molecule has 0 spiro atoms. The second kappa shape index (κ2) is 6.83. The Labute approximate surface area is 133 Å². The first-order valence-corrected chi connectivity index (χ1v) is 7.85. The zero-order valence-electron chi connectivity index (χ0n) is 12.7. The highest BCUT2D eigenvalue weighted by atomic mass is 16.5. The van der Waals surface area contributed by atoms with Crippen molar-refractivity contribution in [3.63, 3.8) is 0 Å². The fraction of sp³-hybridized carbons (Fsp3) is 0.412. The molecule has 1 aliphatic rings. The molecular formula is C17H20N2O4. The van der Waals surface area contributed by atoms with Gasteiger partial charge in [-0.05, 0) is 30.9 Å². The average Bonchev–Trinajstić information content (AvgIpc) is 2.98. The van der Waals surface area contributed by atoms with E-state index in [9.17, 15) is 14.7 Å². The van der Waals surface area contributed by atoms with Crippen LogP contribution in [0.15, 0.2) is 30.5 Å². The molecule has 1 aliphatic heterocycles. The van der Waals surface area contributed by atoms with Gasteiger partial charge in [-0.25, -0.2) is 4.79 Å². The molecule has 1 fully saturated rings. The Morgan fingerprint density at radius 2 is 2.17 bits per heavy atom. The lowest BCUT2D eigenvalue weighted by Crippen LogP contribution is -2.48. The maximum Gasteiger partial charge on any atom is 0.326 e. The van der Waals surface area contributed by atoms with Crippen molar-refractivity contribution < 1.29 is 19.4 Å². The van der Waals surface area contributed by atoms with Gasteiger partial charge < -0.3 is 20.1 Å². The number of carbonyl (C=O) groups excluding carboxylic acids is 1. The maximum absolute atomic E-state index is 12.2. The number of nitrogens with one attached hydrogen (secondary N) is 2. The Kier molecular flexibility index (Phi) is 4.62. The summed E-state index contributed by atoms with van der Waals surface area (Å²) in [6.07, 6.45) is 4.01. The highest BCUT2D eigenvalue weighted by molar-refractivity contribution is 5.88. The summed E-state index contributed by atoms with van der Waals surface area (Å²) in [6, 6.07) is 6.73. The third-order valence-corrected chi connectivity index (χ3v) is 4.19. The second-order valence-corrected chi connectivity index (χ2v) is 5.82. The first kappa shape index (κ1) is 15.6. The summed E-state index contributed by atoms with van der Waals surface area (Å²) in [5.41, 5.74) is 1.83. The SMILES string of the molecule is O=C(O)[C@H](Cc1c[nH]c2ccccc12)NC(=O)[C@@H]1CCCCO1. The first-order valence-electron chi connectivity index (χ1n) is 7.85. The average molecular weight is 316 g/mol. The third kappa shape index (κ3) is 3.53. The summed E-state index contributed by atoms with van der Waals surface area (Å²) in [4.78, 5) is 26.8. The zero-order chi connectivity index (χ0) is 16.2. The van der Waals surface area contributed by atoms with E-state index in [1.54, 1.807) is 6.20 Å². The molecule has 6 nitrogen and oxygen atoms in total. The number of benzene rings is 1. The Balaban J connectivity index is 1.71. The Morgan fingerprint density at radius 1 is 1.35 bits per heavy atom. The molecule has 0 saturated carbocycles. The molecule has 0 unspecified atom stereocenters. The quantitative estimate of drug-likeness (QED) is 0.785. The molecule has 0 aliphatic carbocycles. The van der Waals surface area contributed by atoms with Crippen molar-refractivity contribution in [3.05, 3.63) is 36.0 Å². The Hall–Kier alpha value is -2.34. The molecule has 23 heavy (non-hydrogen) atoms. The predicted octanol–water partition coefficient (Wildman–Crippen LogP) is 1.85. The molecule has 1 saturated heterocycles. The smallest absolute Gasteiger partial charge is 0.326 e. The normalized spacial score (nSPS) is 19.4. The summed E-state index contributed by atoms with van der Waals surface area (Å²) >= 11 is 0. The number of aromatic amines is 1. The largest absolute Gasteiger partial charge is 0.480 e. The number of amides is 1. The van der Waals surface area contributed by atoms with E-state index in [-0.39, 0.29) is 12.3 Å².